The minimum atomic E-state index is -1.63. The van der Waals surface area contributed by atoms with Gasteiger partial charge in [0.15, 0.2) is 12.4 Å². The van der Waals surface area contributed by atoms with Crippen molar-refractivity contribution in [2.45, 2.75) is 347 Å². The van der Waals surface area contributed by atoms with Crippen LogP contribution in [0, 0.1) is 0 Å². The Kier molecular flexibility index (Phi) is 61.1. The van der Waals surface area contributed by atoms with E-state index in [2.05, 4.69) is 62.5 Å². The lowest BCUT2D eigenvalue weighted by Crippen LogP contribution is -2.44. The number of quaternary nitrogens is 1. The summed E-state index contributed by atoms with van der Waals surface area (Å²) in [6.07, 6.45) is 77.9. The first-order chi connectivity index (χ1) is 39.6. The van der Waals surface area contributed by atoms with Crippen LogP contribution >= 0.6 is 0 Å². The Hall–Kier alpha value is -2.75. The number of rotatable bonds is 65. The van der Waals surface area contributed by atoms with Crippen LogP contribution in [-0.4, -0.2) is 82.3 Å². The molecule has 0 spiro atoms. The maximum Gasteiger partial charge on any atom is 0.306 e. The quantitative estimate of drug-likeness (QED) is 0.0195. The Morgan fingerprint density at radius 2 is 0.704 bits per heavy atom. The average Bonchev–Trinajstić information content (AvgIpc) is 3.44. The summed E-state index contributed by atoms with van der Waals surface area (Å²) in [5, 5.41) is 11.8. The molecule has 0 saturated carbocycles. The van der Waals surface area contributed by atoms with Crippen molar-refractivity contribution in [3.05, 3.63) is 48.6 Å². The molecule has 0 heterocycles. The molecule has 0 amide bonds. The molecular formula is C72H133NO8. The molecule has 0 radical (unpaired) electrons. The number of hydrogen-bond donors (Lipinski definition) is 0. The number of carboxylic acids is 1. The van der Waals surface area contributed by atoms with Gasteiger partial charge in [0.2, 0.25) is 0 Å². The van der Waals surface area contributed by atoms with Crippen molar-refractivity contribution < 1.29 is 42.9 Å². The van der Waals surface area contributed by atoms with Gasteiger partial charge < -0.3 is 33.3 Å². The number of carbonyl (C=O) groups excluding carboxylic acids is 3. The summed E-state index contributed by atoms with van der Waals surface area (Å²) < 4.78 is 22.8. The maximum atomic E-state index is 12.9. The van der Waals surface area contributed by atoms with Crippen molar-refractivity contribution in [2.24, 2.45) is 0 Å². The maximum absolute atomic E-state index is 12.9. The smallest absolute Gasteiger partial charge is 0.306 e. The van der Waals surface area contributed by atoms with Crippen LogP contribution in [0.2, 0.25) is 0 Å². The molecule has 0 aromatic carbocycles. The summed E-state index contributed by atoms with van der Waals surface area (Å²) in [6.45, 7) is 4.66. The van der Waals surface area contributed by atoms with Crippen molar-refractivity contribution in [3.63, 3.8) is 0 Å². The normalized spacial score (nSPS) is 13.0. The first-order valence-corrected chi connectivity index (χ1v) is 34.8. The molecule has 474 valence electrons. The lowest BCUT2D eigenvalue weighted by Gasteiger charge is -2.26. The molecule has 81 heavy (non-hydrogen) atoms. The predicted molar refractivity (Wildman–Crippen MR) is 343 cm³/mol. The average molecular weight is 1140 g/mol. The second-order valence-electron chi connectivity index (χ2n) is 24.8. The van der Waals surface area contributed by atoms with Crippen molar-refractivity contribution in [1.29, 1.82) is 0 Å². The third kappa shape index (κ3) is 64.7. The topological polar surface area (TPSA) is 111 Å². The van der Waals surface area contributed by atoms with Crippen molar-refractivity contribution in [1.82, 2.24) is 0 Å². The Bertz CT molecular complexity index is 1470. The first-order valence-electron chi connectivity index (χ1n) is 34.8. The standard InChI is InChI=1S/C72H133NO8/c1-6-8-10-12-14-16-18-20-22-24-26-27-28-29-30-31-32-33-34-35-36-37-38-39-40-41-42-43-45-46-48-50-52-54-56-58-60-62-69(74)79-66-68(67-80-72(71(76)77)78-65-64-73(3,4)5)81-70(75)63-61-59-57-55-53-51-49-47-44-25-23-21-19-17-15-13-11-9-7-2/h9,11,15,17,21,23,44,47,68,72H,6-8,10,12-14,16,18-20,22,24-43,45-46,48-67H2,1-5H3/b11-9-,17-15-,23-21-,47-44-. The van der Waals surface area contributed by atoms with Crippen LogP contribution in [0.1, 0.15) is 335 Å². The fraction of sp³-hybridized carbons (Fsp3) is 0.847. The van der Waals surface area contributed by atoms with E-state index in [1.165, 1.54) is 218 Å². The molecule has 0 saturated heterocycles. The summed E-state index contributed by atoms with van der Waals surface area (Å²) in [7, 11) is 5.93. The second-order valence-corrected chi connectivity index (χ2v) is 24.8. The highest BCUT2D eigenvalue weighted by atomic mass is 16.7. The van der Waals surface area contributed by atoms with Crippen LogP contribution in [-0.2, 0) is 33.3 Å². The molecule has 0 aromatic heterocycles. The highest BCUT2D eigenvalue weighted by Crippen LogP contribution is 2.19. The van der Waals surface area contributed by atoms with E-state index in [0.717, 1.165) is 83.5 Å². The number of allylic oxidation sites excluding steroid dienone is 8. The summed E-state index contributed by atoms with van der Waals surface area (Å²) in [4.78, 5) is 37.4. The van der Waals surface area contributed by atoms with Crippen LogP contribution in [0.15, 0.2) is 48.6 Å². The van der Waals surface area contributed by atoms with Crippen molar-refractivity contribution in [2.75, 3.05) is 47.5 Å². The first kappa shape index (κ1) is 78.2. The van der Waals surface area contributed by atoms with Gasteiger partial charge in [-0.15, -0.1) is 0 Å². The van der Waals surface area contributed by atoms with Gasteiger partial charge in [0, 0.05) is 12.8 Å². The Balaban J connectivity index is 3.98. The third-order valence-corrected chi connectivity index (χ3v) is 15.6. The molecule has 0 aromatic rings. The predicted octanol–water partition coefficient (Wildman–Crippen LogP) is 20.0. The molecule has 9 heteroatoms. The van der Waals surface area contributed by atoms with Gasteiger partial charge in [0.25, 0.3) is 0 Å². The summed E-state index contributed by atoms with van der Waals surface area (Å²) in [6, 6.07) is 0. The SMILES string of the molecule is CC/C=C\C/C=C\C/C=C\C/C=C\CCCCCCCCC(=O)OC(COC(=O)CCCCCCCCCCCCCCCCCCCCCCCCCCCCCCCCCCCCCCC)COC(OCC[N+](C)(C)C)C(=O)[O-]. The minimum Gasteiger partial charge on any atom is -0.545 e. The fourth-order valence-corrected chi connectivity index (χ4v) is 10.3. The Morgan fingerprint density at radius 3 is 1.05 bits per heavy atom. The Morgan fingerprint density at radius 1 is 0.383 bits per heavy atom. The molecule has 0 aliphatic rings. The van der Waals surface area contributed by atoms with Gasteiger partial charge in [-0.1, -0.05) is 319 Å². The van der Waals surface area contributed by atoms with E-state index < -0.39 is 24.3 Å². The fourth-order valence-electron chi connectivity index (χ4n) is 10.3. The number of hydrogen-bond acceptors (Lipinski definition) is 8. The molecular weight excluding hydrogens is 1010 g/mol. The molecule has 2 atom stereocenters. The third-order valence-electron chi connectivity index (χ3n) is 15.6. The lowest BCUT2D eigenvalue weighted by atomic mass is 10.0. The van der Waals surface area contributed by atoms with Crippen LogP contribution in [0.5, 0.6) is 0 Å². The summed E-state index contributed by atoms with van der Waals surface area (Å²) in [5.74, 6) is -2.29. The minimum absolute atomic E-state index is 0.145. The number of esters is 2. The number of unbranched alkanes of at least 4 members (excludes halogenated alkanes) is 42. The van der Waals surface area contributed by atoms with Crippen LogP contribution in [0.4, 0.5) is 0 Å². The van der Waals surface area contributed by atoms with Crippen LogP contribution < -0.4 is 5.11 Å². The van der Waals surface area contributed by atoms with Crippen molar-refractivity contribution >= 4 is 17.9 Å². The number of carbonyl (C=O) groups is 3. The van der Waals surface area contributed by atoms with Gasteiger partial charge in [-0.2, -0.15) is 0 Å². The van der Waals surface area contributed by atoms with Crippen LogP contribution in [0.3, 0.4) is 0 Å². The van der Waals surface area contributed by atoms with Gasteiger partial charge in [-0.3, -0.25) is 9.59 Å². The van der Waals surface area contributed by atoms with Gasteiger partial charge in [0.1, 0.15) is 13.2 Å². The zero-order valence-electron chi connectivity index (χ0n) is 54.2. The van der Waals surface area contributed by atoms with Gasteiger partial charge in [-0.25, -0.2) is 0 Å². The second kappa shape index (κ2) is 63.3. The molecule has 0 aliphatic heterocycles. The number of ether oxygens (including phenoxy) is 4. The molecule has 0 fully saturated rings. The number of aliphatic carboxylic acids is 1. The monoisotopic (exact) mass is 1140 g/mol. The van der Waals surface area contributed by atoms with Gasteiger partial charge in [-0.05, 0) is 51.4 Å². The number of nitrogens with zero attached hydrogens (tertiary/aromatic N) is 1. The molecule has 9 nitrogen and oxygen atoms in total. The molecule has 0 N–H and O–H groups in total. The molecule has 2 unspecified atom stereocenters. The van der Waals surface area contributed by atoms with E-state index in [0.29, 0.717) is 23.9 Å². The largest absolute Gasteiger partial charge is 0.545 e. The Labute approximate surface area is 502 Å². The zero-order chi connectivity index (χ0) is 59.1. The van der Waals surface area contributed by atoms with Gasteiger partial charge in [0.05, 0.1) is 40.3 Å². The van der Waals surface area contributed by atoms with E-state index in [4.69, 9.17) is 18.9 Å². The molecule has 0 aliphatic carbocycles. The highest BCUT2D eigenvalue weighted by molar-refractivity contribution is 5.70. The van der Waals surface area contributed by atoms with E-state index in [1.807, 2.05) is 21.1 Å². The van der Waals surface area contributed by atoms with Gasteiger partial charge >= 0.3 is 11.9 Å². The van der Waals surface area contributed by atoms with Crippen LogP contribution in [0.25, 0.3) is 0 Å². The van der Waals surface area contributed by atoms with E-state index in [1.54, 1.807) is 0 Å². The number of carboxylic acid groups (broad SMARTS) is 1. The van der Waals surface area contributed by atoms with E-state index in [9.17, 15) is 19.5 Å². The zero-order valence-corrected chi connectivity index (χ0v) is 54.2. The summed E-state index contributed by atoms with van der Waals surface area (Å²) in [5.41, 5.74) is 0. The van der Waals surface area contributed by atoms with E-state index in [-0.39, 0.29) is 32.2 Å². The lowest BCUT2D eigenvalue weighted by molar-refractivity contribution is -0.870. The number of likely N-dealkylation sites (N-methyl/N-ethyl adjacent to an activating group) is 1. The van der Waals surface area contributed by atoms with Crippen molar-refractivity contribution in [3.8, 4) is 0 Å². The molecule has 0 bridgehead atoms. The molecule has 0 rings (SSSR count). The highest BCUT2D eigenvalue weighted by Gasteiger charge is 2.22. The summed E-state index contributed by atoms with van der Waals surface area (Å²) >= 11 is 0. The van der Waals surface area contributed by atoms with E-state index >= 15 is 0 Å².